The van der Waals surface area contributed by atoms with Crippen LogP contribution in [-0.2, 0) is 0 Å². The van der Waals surface area contributed by atoms with Gasteiger partial charge in [-0.1, -0.05) is 35.0 Å². The molecule has 0 fully saturated rings. The van der Waals surface area contributed by atoms with E-state index in [2.05, 4.69) is 20.4 Å². The number of amides is 1. The van der Waals surface area contributed by atoms with E-state index in [9.17, 15) is 4.79 Å². The molecule has 0 atom stereocenters. The Bertz CT molecular complexity index is 1410. The van der Waals surface area contributed by atoms with Crippen LogP contribution >= 0.6 is 0 Å². The highest BCUT2D eigenvalue weighted by atomic mass is 16.5. The Morgan fingerprint density at radius 3 is 2.57 bits per heavy atom. The van der Waals surface area contributed by atoms with E-state index in [1.54, 1.807) is 38.1 Å². The van der Waals surface area contributed by atoms with Crippen LogP contribution in [0, 0.1) is 20.8 Å². The van der Waals surface area contributed by atoms with Gasteiger partial charge < -0.3 is 14.3 Å². The molecule has 5 rings (SSSR count). The molecule has 0 saturated carbocycles. The van der Waals surface area contributed by atoms with Gasteiger partial charge in [-0.25, -0.2) is 9.97 Å². The van der Waals surface area contributed by atoms with Gasteiger partial charge in [-0.15, -0.1) is 0 Å². The normalized spacial score (nSPS) is 11.3. The first-order valence-electron chi connectivity index (χ1n) is 9.50. The van der Waals surface area contributed by atoms with E-state index in [1.165, 1.54) is 0 Å². The lowest BCUT2D eigenvalue weighted by Crippen LogP contribution is -2.13. The molecule has 30 heavy (non-hydrogen) atoms. The number of pyridine rings is 1. The summed E-state index contributed by atoms with van der Waals surface area (Å²) in [6.45, 7) is 5.60. The van der Waals surface area contributed by atoms with Gasteiger partial charge >= 0.3 is 0 Å². The van der Waals surface area contributed by atoms with Crippen LogP contribution in [0.2, 0.25) is 0 Å². The van der Waals surface area contributed by atoms with Gasteiger partial charge in [0.2, 0.25) is 0 Å². The van der Waals surface area contributed by atoms with Crippen molar-refractivity contribution < 1.29 is 13.7 Å². The smallest absolute Gasteiger partial charge is 0.259 e. The summed E-state index contributed by atoms with van der Waals surface area (Å²) in [5, 5.41) is 7.54. The molecule has 5 aromatic rings. The fraction of sp³-hybridized carbons (Fsp3) is 0.130. The van der Waals surface area contributed by atoms with Crippen LogP contribution < -0.4 is 5.32 Å². The second-order valence-electron chi connectivity index (χ2n) is 7.24. The monoisotopic (exact) mass is 398 g/mol. The molecule has 3 aromatic heterocycles. The van der Waals surface area contributed by atoms with Crippen molar-refractivity contribution in [1.82, 2.24) is 15.1 Å². The van der Waals surface area contributed by atoms with Crippen LogP contribution in [0.1, 0.15) is 27.5 Å². The van der Waals surface area contributed by atoms with Crippen molar-refractivity contribution in [2.75, 3.05) is 5.32 Å². The first-order chi connectivity index (χ1) is 14.5. The third-order valence-corrected chi connectivity index (χ3v) is 4.96. The number of aromatic nitrogens is 3. The highest BCUT2D eigenvalue weighted by molar-refractivity contribution is 6.13. The van der Waals surface area contributed by atoms with E-state index in [-0.39, 0.29) is 5.91 Å². The molecular formula is C23H18N4O3. The zero-order chi connectivity index (χ0) is 20.8. The molecule has 0 aliphatic rings. The van der Waals surface area contributed by atoms with Gasteiger partial charge in [0.05, 0.1) is 22.3 Å². The van der Waals surface area contributed by atoms with E-state index in [4.69, 9.17) is 8.94 Å². The van der Waals surface area contributed by atoms with Crippen molar-refractivity contribution >= 4 is 33.8 Å². The predicted octanol–water partition coefficient (Wildman–Crippen LogP) is 5.21. The van der Waals surface area contributed by atoms with Gasteiger partial charge in [-0.2, -0.15) is 0 Å². The number of fused-ring (bicyclic) bond motifs is 2. The molecule has 0 aliphatic carbocycles. The van der Waals surface area contributed by atoms with Crippen LogP contribution in [0.25, 0.3) is 33.5 Å². The van der Waals surface area contributed by atoms with Crippen LogP contribution in [0.3, 0.4) is 0 Å². The summed E-state index contributed by atoms with van der Waals surface area (Å²) in [6, 6.07) is 15.1. The van der Waals surface area contributed by atoms with Crippen molar-refractivity contribution in [2.45, 2.75) is 20.8 Å². The molecule has 2 aromatic carbocycles. The van der Waals surface area contributed by atoms with Gasteiger partial charge in [0.25, 0.3) is 11.6 Å². The molecule has 0 unspecified atom stereocenters. The summed E-state index contributed by atoms with van der Waals surface area (Å²) in [7, 11) is 0. The molecule has 0 bridgehead atoms. The van der Waals surface area contributed by atoms with Crippen LogP contribution in [0.15, 0.2) is 57.5 Å². The minimum Gasteiger partial charge on any atom is -0.441 e. The number of aryl methyl sites for hydroxylation is 3. The lowest BCUT2D eigenvalue weighted by Gasteiger charge is -2.08. The summed E-state index contributed by atoms with van der Waals surface area (Å²) >= 11 is 0. The summed E-state index contributed by atoms with van der Waals surface area (Å²) in [5.74, 6) is 0.300. The van der Waals surface area contributed by atoms with Gasteiger partial charge in [0.15, 0.2) is 11.5 Å². The lowest BCUT2D eigenvalue weighted by atomic mass is 10.0. The number of hydrogen-bond acceptors (Lipinski definition) is 6. The van der Waals surface area contributed by atoms with Crippen molar-refractivity contribution in [3.8, 4) is 11.3 Å². The van der Waals surface area contributed by atoms with Gasteiger partial charge in [0, 0.05) is 18.2 Å². The van der Waals surface area contributed by atoms with E-state index >= 15 is 0 Å². The predicted molar refractivity (Wildman–Crippen MR) is 113 cm³/mol. The second kappa shape index (κ2) is 6.81. The molecular weight excluding hydrogens is 380 g/mol. The number of carbonyl (C=O) groups is 1. The average Bonchev–Trinajstić information content (AvgIpc) is 3.29. The van der Waals surface area contributed by atoms with Crippen molar-refractivity contribution in [3.63, 3.8) is 0 Å². The summed E-state index contributed by atoms with van der Waals surface area (Å²) in [4.78, 5) is 22.1. The standard InChI is InChI=1S/C23H18N4O3/c1-12-4-6-15(7-5-12)18-11-17(21-13(2)27-30-23(21)26-18)22(28)25-16-8-9-20-19(10-16)24-14(3)29-20/h4-11H,1-3H3,(H,25,28). The minimum absolute atomic E-state index is 0.276. The maximum absolute atomic E-state index is 13.2. The zero-order valence-corrected chi connectivity index (χ0v) is 16.7. The molecule has 0 spiro atoms. The number of nitrogens with one attached hydrogen (secondary N) is 1. The topological polar surface area (TPSA) is 94.1 Å². The van der Waals surface area contributed by atoms with Crippen molar-refractivity contribution in [3.05, 3.63) is 71.2 Å². The Morgan fingerprint density at radius 2 is 1.77 bits per heavy atom. The van der Waals surface area contributed by atoms with Crippen molar-refractivity contribution in [2.24, 2.45) is 0 Å². The molecule has 7 nitrogen and oxygen atoms in total. The average molecular weight is 398 g/mol. The highest BCUT2D eigenvalue weighted by Crippen LogP contribution is 2.28. The number of nitrogens with zero attached hydrogens (tertiary/aromatic N) is 3. The van der Waals surface area contributed by atoms with Gasteiger partial charge in [0.1, 0.15) is 5.52 Å². The first-order valence-corrected chi connectivity index (χ1v) is 9.50. The first kappa shape index (κ1) is 18.1. The molecule has 0 aliphatic heterocycles. The highest BCUT2D eigenvalue weighted by Gasteiger charge is 2.20. The van der Waals surface area contributed by atoms with Gasteiger partial charge in [-0.3, -0.25) is 4.79 Å². The van der Waals surface area contributed by atoms with Gasteiger partial charge in [-0.05, 0) is 38.1 Å². The molecule has 3 heterocycles. The summed E-state index contributed by atoms with van der Waals surface area (Å²) in [5.41, 5.74) is 6.06. The minimum atomic E-state index is -0.276. The SMILES string of the molecule is Cc1ccc(-c2cc(C(=O)Nc3ccc4oc(C)nc4c3)c3c(C)noc3n2)cc1. The third-order valence-electron chi connectivity index (χ3n) is 4.96. The Labute approximate surface area is 171 Å². The van der Waals surface area contributed by atoms with Crippen molar-refractivity contribution in [1.29, 1.82) is 0 Å². The largest absolute Gasteiger partial charge is 0.441 e. The van der Waals surface area contributed by atoms with E-state index in [1.807, 2.05) is 31.2 Å². The number of oxazole rings is 1. The third kappa shape index (κ3) is 3.10. The zero-order valence-electron chi connectivity index (χ0n) is 16.7. The molecule has 0 radical (unpaired) electrons. The maximum atomic E-state index is 13.2. The molecule has 0 saturated heterocycles. The van der Waals surface area contributed by atoms with E-state index in [0.717, 1.165) is 11.1 Å². The number of hydrogen-bond donors (Lipinski definition) is 1. The quantitative estimate of drug-likeness (QED) is 0.448. The molecule has 7 heteroatoms. The number of anilines is 1. The molecule has 1 amide bonds. The van der Waals surface area contributed by atoms with Crippen LogP contribution in [0.5, 0.6) is 0 Å². The van der Waals surface area contributed by atoms with E-state index in [0.29, 0.717) is 50.7 Å². The molecule has 148 valence electrons. The lowest BCUT2D eigenvalue weighted by molar-refractivity contribution is 0.102. The van der Waals surface area contributed by atoms with E-state index < -0.39 is 0 Å². The Morgan fingerprint density at radius 1 is 0.967 bits per heavy atom. The number of benzene rings is 2. The molecule has 1 N–H and O–H groups in total. The Balaban J connectivity index is 1.57. The summed E-state index contributed by atoms with van der Waals surface area (Å²) in [6.07, 6.45) is 0. The number of carbonyl (C=O) groups excluding carboxylic acids is 1. The number of rotatable bonds is 3. The van der Waals surface area contributed by atoms with Crippen LogP contribution in [-0.4, -0.2) is 21.0 Å². The maximum Gasteiger partial charge on any atom is 0.259 e. The Hall–Kier alpha value is -4.00. The fourth-order valence-corrected chi connectivity index (χ4v) is 3.46. The second-order valence-corrected chi connectivity index (χ2v) is 7.24. The van der Waals surface area contributed by atoms with Crippen LogP contribution in [0.4, 0.5) is 5.69 Å². The Kier molecular flexibility index (Phi) is 4.10. The summed E-state index contributed by atoms with van der Waals surface area (Å²) < 4.78 is 10.9. The fourth-order valence-electron chi connectivity index (χ4n) is 3.46.